The van der Waals surface area contributed by atoms with E-state index in [0.717, 1.165) is 16.7 Å². The summed E-state index contributed by atoms with van der Waals surface area (Å²) in [4.78, 5) is 16.4. The van der Waals surface area contributed by atoms with Gasteiger partial charge >= 0.3 is 5.97 Å². The Hall–Kier alpha value is -2.88. The minimum atomic E-state index is -0.960. The van der Waals surface area contributed by atoms with Crippen molar-refractivity contribution in [3.8, 4) is 17.0 Å². The summed E-state index contributed by atoms with van der Waals surface area (Å²) in [7, 11) is 1.59. The van der Waals surface area contributed by atoms with Crippen LogP contribution in [0.25, 0.3) is 22.2 Å². The van der Waals surface area contributed by atoms with Gasteiger partial charge in [-0.2, -0.15) is 0 Å². The number of ether oxygens (including phenoxy) is 1. The molecule has 0 unspecified atom stereocenters. The molecule has 4 heteroatoms. The van der Waals surface area contributed by atoms with Crippen LogP contribution in [0.15, 0.2) is 42.5 Å². The molecule has 0 saturated heterocycles. The lowest BCUT2D eigenvalue weighted by Gasteiger charge is -2.12. The van der Waals surface area contributed by atoms with Crippen molar-refractivity contribution in [3.63, 3.8) is 0 Å². The molecule has 0 aliphatic rings. The Morgan fingerprint density at radius 2 is 1.87 bits per heavy atom. The topological polar surface area (TPSA) is 59.4 Å². The Kier molecular flexibility index (Phi) is 3.74. The van der Waals surface area contributed by atoms with E-state index in [0.29, 0.717) is 22.3 Å². The number of aromatic nitrogens is 1. The van der Waals surface area contributed by atoms with Crippen LogP contribution in [0, 0.1) is 13.8 Å². The van der Waals surface area contributed by atoms with Crippen LogP contribution in [0.2, 0.25) is 0 Å². The van der Waals surface area contributed by atoms with Crippen molar-refractivity contribution >= 4 is 16.9 Å². The van der Waals surface area contributed by atoms with E-state index in [4.69, 9.17) is 9.72 Å². The molecular formula is C19H17NO3. The smallest absolute Gasteiger partial charge is 0.336 e. The van der Waals surface area contributed by atoms with E-state index in [1.807, 2.05) is 50.2 Å². The van der Waals surface area contributed by atoms with Gasteiger partial charge in [0, 0.05) is 10.9 Å². The van der Waals surface area contributed by atoms with Gasteiger partial charge in [0.25, 0.3) is 0 Å². The highest BCUT2D eigenvalue weighted by Crippen LogP contribution is 2.32. The summed E-state index contributed by atoms with van der Waals surface area (Å²) in [5.74, 6) is -0.293. The third kappa shape index (κ3) is 2.63. The first kappa shape index (κ1) is 15.0. The number of hydrogen-bond acceptors (Lipinski definition) is 3. The van der Waals surface area contributed by atoms with Crippen molar-refractivity contribution in [1.82, 2.24) is 4.98 Å². The highest BCUT2D eigenvalue weighted by atomic mass is 16.5. The number of carboxylic acid groups (broad SMARTS) is 1. The van der Waals surface area contributed by atoms with Gasteiger partial charge < -0.3 is 9.84 Å². The molecule has 0 aliphatic carbocycles. The zero-order chi connectivity index (χ0) is 16.6. The lowest BCUT2D eigenvalue weighted by atomic mass is 9.99. The third-order valence-corrected chi connectivity index (χ3v) is 3.86. The highest BCUT2D eigenvalue weighted by molar-refractivity contribution is 6.04. The van der Waals surface area contributed by atoms with E-state index in [1.165, 1.54) is 0 Å². The second kappa shape index (κ2) is 5.72. The maximum atomic E-state index is 11.7. The Bertz CT molecular complexity index is 916. The Balaban J connectivity index is 2.38. The van der Waals surface area contributed by atoms with Crippen LogP contribution in [0.5, 0.6) is 5.75 Å². The van der Waals surface area contributed by atoms with Crippen LogP contribution in [0.3, 0.4) is 0 Å². The molecule has 0 bridgehead atoms. The maximum absolute atomic E-state index is 11.7. The number of pyridine rings is 1. The predicted molar refractivity (Wildman–Crippen MR) is 90.2 cm³/mol. The standard InChI is InChI=1S/C19H17NO3/c1-11-8-12(2)18-14(9-11)15(19(21)22)10-16(20-18)13-6-4-5-7-17(13)23-3/h4-10H,1-3H3,(H,21,22). The van der Waals surface area contributed by atoms with Crippen molar-refractivity contribution in [2.75, 3.05) is 7.11 Å². The summed E-state index contributed by atoms with van der Waals surface area (Å²) in [5.41, 5.74) is 4.31. The van der Waals surface area contributed by atoms with E-state index in [1.54, 1.807) is 13.2 Å². The normalized spacial score (nSPS) is 10.7. The molecule has 0 amide bonds. The van der Waals surface area contributed by atoms with E-state index in [2.05, 4.69) is 0 Å². The number of aromatic carboxylic acids is 1. The number of carbonyl (C=O) groups is 1. The van der Waals surface area contributed by atoms with Crippen molar-refractivity contribution in [1.29, 1.82) is 0 Å². The molecular weight excluding hydrogens is 290 g/mol. The van der Waals surface area contributed by atoms with Crippen molar-refractivity contribution < 1.29 is 14.6 Å². The number of nitrogens with zero attached hydrogens (tertiary/aromatic N) is 1. The molecule has 116 valence electrons. The monoisotopic (exact) mass is 307 g/mol. The molecule has 1 heterocycles. The molecule has 23 heavy (non-hydrogen) atoms. The van der Waals surface area contributed by atoms with Gasteiger partial charge in [0.15, 0.2) is 0 Å². The Labute approximate surface area is 134 Å². The summed E-state index contributed by atoms with van der Waals surface area (Å²) in [6.45, 7) is 3.90. The molecule has 0 spiro atoms. The van der Waals surface area contributed by atoms with E-state index >= 15 is 0 Å². The van der Waals surface area contributed by atoms with Crippen LogP contribution < -0.4 is 4.74 Å². The van der Waals surface area contributed by atoms with E-state index in [9.17, 15) is 9.90 Å². The molecule has 3 aromatic rings. The molecule has 0 radical (unpaired) electrons. The number of carboxylic acids is 1. The second-order valence-corrected chi connectivity index (χ2v) is 5.54. The van der Waals surface area contributed by atoms with Gasteiger partial charge in [0.1, 0.15) is 5.75 Å². The second-order valence-electron chi connectivity index (χ2n) is 5.54. The average molecular weight is 307 g/mol. The lowest BCUT2D eigenvalue weighted by molar-refractivity contribution is 0.0699. The zero-order valence-electron chi connectivity index (χ0n) is 13.3. The number of fused-ring (bicyclic) bond motifs is 1. The summed E-state index contributed by atoms with van der Waals surface area (Å²) < 4.78 is 5.37. The largest absolute Gasteiger partial charge is 0.496 e. The fraction of sp³-hybridized carbons (Fsp3) is 0.158. The summed E-state index contributed by atoms with van der Waals surface area (Å²) in [5, 5.41) is 10.3. The van der Waals surface area contributed by atoms with Gasteiger partial charge in [-0.15, -0.1) is 0 Å². The van der Waals surface area contributed by atoms with Crippen LogP contribution in [0.4, 0.5) is 0 Å². The first-order valence-electron chi connectivity index (χ1n) is 7.30. The molecule has 0 fully saturated rings. The van der Waals surface area contributed by atoms with Crippen LogP contribution in [-0.2, 0) is 0 Å². The van der Waals surface area contributed by atoms with Gasteiger partial charge in [0.2, 0.25) is 0 Å². The van der Waals surface area contributed by atoms with Gasteiger partial charge in [-0.1, -0.05) is 23.8 Å². The van der Waals surface area contributed by atoms with Crippen molar-refractivity contribution in [2.45, 2.75) is 13.8 Å². The first-order valence-corrected chi connectivity index (χ1v) is 7.30. The SMILES string of the molecule is COc1ccccc1-c1cc(C(=O)O)c2cc(C)cc(C)c2n1. The van der Waals surface area contributed by atoms with Gasteiger partial charge in [0.05, 0.1) is 23.9 Å². The number of methoxy groups -OCH3 is 1. The molecule has 0 aliphatic heterocycles. The van der Waals surface area contributed by atoms with Gasteiger partial charge in [-0.05, 0) is 43.7 Å². The summed E-state index contributed by atoms with van der Waals surface area (Å²) >= 11 is 0. The van der Waals surface area contributed by atoms with Gasteiger partial charge in [-0.25, -0.2) is 9.78 Å². The number of rotatable bonds is 3. The lowest BCUT2D eigenvalue weighted by Crippen LogP contribution is -2.02. The first-order chi connectivity index (χ1) is 11.0. The number of benzene rings is 2. The zero-order valence-corrected chi connectivity index (χ0v) is 13.3. The number of para-hydroxylation sites is 1. The van der Waals surface area contributed by atoms with Crippen molar-refractivity contribution in [3.05, 3.63) is 59.2 Å². The minimum Gasteiger partial charge on any atom is -0.496 e. The predicted octanol–water partition coefficient (Wildman–Crippen LogP) is 4.23. The average Bonchev–Trinajstić information content (AvgIpc) is 2.53. The molecule has 1 N–H and O–H groups in total. The van der Waals surface area contributed by atoms with E-state index < -0.39 is 5.97 Å². The highest BCUT2D eigenvalue weighted by Gasteiger charge is 2.16. The van der Waals surface area contributed by atoms with Crippen molar-refractivity contribution in [2.24, 2.45) is 0 Å². The van der Waals surface area contributed by atoms with Crippen LogP contribution in [0.1, 0.15) is 21.5 Å². The van der Waals surface area contributed by atoms with Crippen LogP contribution in [-0.4, -0.2) is 23.2 Å². The Morgan fingerprint density at radius 3 is 2.57 bits per heavy atom. The third-order valence-electron chi connectivity index (χ3n) is 3.86. The minimum absolute atomic E-state index is 0.253. The summed E-state index contributed by atoms with van der Waals surface area (Å²) in [6, 6.07) is 13.0. The molecule has 3 rings (SSSR count). The van der Waals surface area contributed by atoms with Gasteiger partial charge in [-0.3, -0.25) is 0 Å². The maximum Gasteiger partial charge on any atom is 0.336 e. The molecule has 2 aromatic carbocycles. The molecule has 0 atom stereocenters. The summed E-state index contributed by atoms with van der Waals surface area (Å²) in [6.07, 6.45) is 0. The number of hydrogen-bond donors (Lipinski definition) is 1. The quantitative estimate of drug-likeness (QED) is 0.787. The van der Waals surface area contributed by atoms with E-state index in [-0.39, 0.29) is 5.56 Å². The molecule has 1 aromatic heterocycles. The fourth-order valence-electron chi connectivity index (χ4n) is 2.85. The molecule has 0 saturated carbocycles. The fourth-order valence-corrected chi connectivity index (χ4v) is 2.85. The Morgan fingerprint density at radius 1 is 1.13 bits per heavy atom. The number of aryl methyl sites for hydroxylation is 2. The van der Waals surface area contributed by atoms with Crippen LogP contribution >= 0.6 is 0 Å². The molecule has 4 nitrogen and oxygen atoms in total.